The van der Waals surface area contributed by atoms with Crippen molar-refractivity contribution in [2.75, 3.05) is 5.32 Å². The van der Waals surface area contributed by atoms with Crippen LogP contribution < -0.4 is 21.4 Å². The molecule has 0 unspecified atom stereocenters. The second-order valence-corrected chi connectivity index (χ2v) is 5.13. The van der Waals surface area contributed by atoms with E-state index in [4.69, 9.17) is 0 Å². The maximum absolute atomic E-state index is 12.5. The molecule has 3 aromatic rings. The molecule has 0 atom stereocenters. The van der Waals surface area contributed by atoms with Crippen LogP contribution in [0.5, 0.6) is 0 Å². The van der Waals surface area contributed by atoms with Gasteiger partial charge in [0.15, 0.2) is 0 Å². The lowest BCUT2D eigenvalue weighted by atomic mass is 10.2. The fourth-order valence-electron chi connectivity index (χ4n) is 2.21. The second-order valence-electron chi connectivity index (χ2n) is 5.13. The zero-order chi connectivity index (χ0) is 15.5. The molecule has 3 rings (SSSR count). The maximum Gasteiger partial charge on any atom is 0.280 e. The Kier molecular flexibility index (Phi) is 3.66. The number of nitrogens with zero attached hydrogens (tertiary/aromatic N) is 1. The van der Waals surface area contributed by atoms with Gasteiger partial charge < -0.3 is 5.32 Å². The first-order valence-electron chi connectivity index (χ1n) is 7.04. The van der Waals surface area contributed by atoms with E-state index in [1.165, 1.54) is 10.2 Å². The minimum absolute atomic E-state index is 0.129. The van der Waals surface area contributed by atoms with Gasteiger partial charge in [-0.1, -0.05) is 42.5 Å². The highest BCUT2D eigenvalue weighted by Gasteiger charge is 2.03. The number of nitrogens with one attached hydrogen (secondary N) is 2. The highest BCUT2D eigenvalue weighted by molar-refractivity contribution is 5.54. The van der Waals surface area contributed by atoms with Gasteiger partial charge in [0.1, 0.15) is 0 Å². The Morgan fingerprint density at radius 3 is 2.45 bits per heavy atom. The molecule has 0 saturated carbocycles. The Hall–Kier alpha value is -3.01. The average Bonchev–Trinajstić information content (AvgIpc) is 2.82. The third-order valence-electron chi connectivity index (χ3n) is 3.45. The Morgan fingerprint density at radius 1 is 1.09 bits per heavy atom. The van der Waals surface area contributed by atoms with E-state index in [1.807, 2.05) is 61.5 Å². The van der Waals surface area contributed by atoms with Crippen LogP contribution in [0.3, 0.4) is 0 Å². The van der Waals surface area contributed by atoms with Crippen LogP contribution >= 0.6 is 0 Å². The van der Waals surface area contributed by atoms with Gasteiger partial charge in [0.2, 0.25) is 0 Å². The molecular formula is C18H17N3O. The Labute approximate surface area is 128 Å². The molecule has 0 spiro atoms. The molecule has 0 aliphatic carbocycles. The van der Waals surface area contributed by atoms with Crippen LogP contribution in [0.1, 0.15) is 5.56 Å². The lowest BCUT2D eigenvalue weighted by Crippen LogP contribution is -2.34. The quantitative estimate of drug-likeness (QED) is 0.772. The molecule has 1 heterocycles. The maximum atomic E-state index is 12.5. The zero-order valence-electron chi connectivity index (χ0n) is 12.3. The molecule has 0 saturated heterocycles. The summed E-state index contributed by atoms with van der Waals surface area (Å²) in [6.45, 7) is 5.94. The lowest BCUT2D eigenvalue weighted by Gasteiger charge is -2.00. The minimum atomic E-state index is -0.129. The fourth-order valence-corrected chi connectivity index (χ4v) is 2.21. The number of para-hydroxylation sites is 1. The molecule has 2 aromatic carbocycles. The van der Waals surface area contributed by atoms with E-state index in [0.29, 0.717) is 10.6 Å². The Morgan fingerprint density at radius 2 is 1.77 bits per heavy atom. The van der Waals surface area contributed by atoms with Crippen LogP contribution in [0.25, 0.3) is 18.5 Å². The number of aryl methyl sites for hydroxylation is 1. The second kappa shape index (κ2) is 5.77. The van der Waals surface area contributed by atoms with Crippen LogP contribution in [0.15, 0.2) is 59.4 Å². The largest absolute Gasteiger partial charge is 0.361 e. The van der Waals surface area contributed by atoms with Gasteiger partial charge in [-0.05, 0) is 31.2 Å². The van der Waals surface area contributed by atoms with Crippen LogP contribution in [-0.2, 0) is 0 Å². The number of benzene rings is 2. The summed E-state index contributed by atoms with van der Waals surface area (Å²) in [7, 11) is 0. The molecule has 4 nitrogen and oxygen atoms in total. The van der Waals surface area contributed by atoms with E-state index in [9.17, 15) is 4.79 Å². The summed E-state index contributed by atoms with van der Waals surface area (Å²) < 4.78 is 1.49. The Balaban J connectivity index is 2.00. The standard InChI is InChI=1S/C18H17N3O/c1-13-8-10-15(11-9-13)19-12-17-14(2)20-21(18(17)22)16-6-4-3-5-7-16/h3-12,19-20H,2H2,1H3. The van der Waals surface area contributed by atoms with Crippen molar-refractivity contribution in [1.82, 2.24) is 9.78 Å². The topological polar surface area (TPSA) is 49.8 Å². The van der Waals surface area contributed by atoms with Crippen molar-refractivity contribution < 1.29 is 0 Å². The first-order valence-corrected chi connectivity index (χ1v) is 7.04. The molecule has 0 aliphatic heterocycles. The summed E-state index contributed by atoms with van der Waals surface area (Å²) in [4.78, 5) is 12.5. The normalized spacial score (nSPS) is 11.6. The van der Waals surface area contributed by atoms with Crippen molar-refractivity contribution >= 4 is 18.5 Å². The molecule has 0 radical (unpaired) electrons. The number of H-pyrrole nitrogens is 1. The molecule has 0 bridgehead atoms. The third kappa shape index (κ3) is 2.72. The van der Waals surface area contributed by atoms with Crippen molar-refractivity contribution in [2.24, 2.45) is 0 Å². The number of hydrogen-bond acceptors (Lipinski definition) is 2. The van der Waals surface area contributed by atoms with Gasteiger partial charge in [0, 0.05) is 11.9 Å². The number of aromatic amines is 1. The molecule has 4 heteroatoms. The average molecular weight is 291 g/mol. The predicted molar refractivity (Wildman–Crippen MR) is 90.4 cm³/mol. The molecule has 1 aromatic heterocycles. The lowest BCUT2D eigenvalue weighted by molar-refractivity contribution is 0.838. The predicted octanol–water partition coefficient (Wildman–Crippen LogP) is 1.73. The van der Waals surface area contributed by atoms with Gasteiger partial charge >= 0.3 is 0 Å². The highest BCUT2D eigenvalue weighted by atomic mass is 16.1. The first-order chi connectivity index (χ1) is 10.6. The number of anilines is 1. The van der Waals surface area contributed by atoms with Gasteiger partial charge in [-0.25, -0.2) is 4.68 Å². The van der Waals surface area contributed by atoms with E-state index < -0.39 is 0 Å². The van der Waals surface area contributed by atoms with Crippen molar-refractivity contribution in [3.05, 3.63) is 81.1 Å². The van der Waals surface area contributed by atoms with Gasteiger partial charge in [-0.3, -0.25) is 9.89 Å². The zero-order valence-corrected chi connectivity index (χ0v) is 12.3. The fraction of sp³-hybridized carbons (Fsp3) is 0.0556. The Bertz CT molecular complexity index is 935. The summed E-state index contributed by atoms with van der Waals surface area (Å²) in [6.07, 6.45) is 1.69. The van der Waals surface area contributed by atoms with E-state index >= 15 is 0 Å². The summed E-state index contributed by atoms with van der Waals surface area (Å²) >= 11 is 0. The summed E-state index contributed by atoms with van der Waals surface area (Å²) in [6, 6.07) is 17.4. The van der Waals surface area contributed by atoms with Crippen LogP contribution in [0.2, 0.25) is 0 Å². The third-order valence-corrected chi connectivity index (χ3v) is 3.45. The smallest absolute Gasteiger partial charge is 0.280 e. The molecule has 22 heavy (non-hydrogen) atoms. The monoisotopic (exact) mass is 291 g/mol. The van der Waals surface area contributed by atoms with Gasteiger partial charge in [-0.2, -0.15) is 0 Å². The van der Waals surface area contributed by atoms with Crippen LogP contribution in [-0.4, -0.2) is 9.78 Å². The van der Waals surface area contributed by atoms with E-state index in [-0.39, 0.29) is 5.56 Å². The van der Waals surface area contributed by atoms with E-state index in [2.05, 4.69) is 17.0 Å². The number of hydrogen-bond donors (Lipinski definition) is 2. The van der Waals surface area contributed by atoms with Crippen LogP contribution in [0, 0.1) is 6.92 Å². The van der Waals surface area contributed by atoms with E-state index in [1.54, 1.807) is 6.20 Å². The van der Waals surface area contributed by atoms with Crippen molar-refractivity contribution in [2.45, 2.75) is 6.92 Å². The van der Waals surface area contributed by atoms with E-state index in [0.717, 1.165) is 11.4 Å². The minimum Gasteiger partial charge on any atom is -0.361 e. The van der Waals surface area contributed by atoms with Crippen molar-refractivity contribution in [1.29, 1.82) is 0 Å². The van der Waals surface area contributed by atoms with Gasteiger partial charge in [0.25, 0.3) is 5.56 Å². The van der Waals surface area contributed by atoms with Crippen molar-refractivity contribution in [3.63, 3.8) is 0 Å². The molecular weight excluding hydrogens is 274 g/mol. The SMILES string of the molecule is C=c1[nH]n(-c2ccccc2)c(=O)c1=CNc1ccc(C)cc1. The molecule has 2 N–H and O–H groups in total. The molecule has 0 amide bonds. The first kappa shape index (κ1) is 13.9. The number of aromatic nitrogens is 2. The van der Waals surface area contributed by atoms with Crippen LogP contribution in [0.4, 0.5) is 5.69 Å². The molecule has 110 valence electrons. The summed E-state index contributed by atoms with van der Waals surface area (Å²) in [5.41, 5.74) is 2.77. The van der Waals surface area contributed by atoms with Crippen molar-refractivity contribution in [3.8, 4) is 5.69 Å². The summed E-state index contributed by atoms with van der Waals surface area (Å²) in [5.74, 6) is 0. The number of rotatable bonds is 3. The molecule has 0 fully saturated rings. The summed E-state index contributed by atoms with van der Waals surface area (Å²) in [5, 5.41) is 7.23. The molecule has 0 aliphatic rings. The van der Waals surface area contributed by atoms with Gasteiger partial charge in [-0.15, -0.1) is 0 Å². The highest BCUT2D eigenvalue weighted by Crippen LogP contribution is 2.07. The van der Waals surface area contributed by atoms with Gasteiger partial charge in [0.05, 0.1) is 16.3 Å².